The lowest BCUT2D eigenvalue weighted by Crippen LogP contribution is -2.49. The summed E-state index contributed by atoms with van der Waals surface area (Å²) in [7, 11) is 0. The van der Waals surface area contributed by atoms with Gasteiger partial charge in [0.25, 0.3) is 0 Å². The minimum Gasteiger partial charge on any atom is -0.392 e. The van der Waals surface area contributed by atoms with Crippen molar-refractivity contribution in [3.63, 3.8) is 0 Å². The minimum atomic E-state index is -0.301. The zero-order valence-corrected chi connectivity index (χ0v) is 17.7. The van der Waals surface area contributed by atoms with Crippen molar-refractivity contribution in [2.45, 2.75) is 53.2 Å². The first-order valence-electron chi connectivity index (χ1n) is 10.1. The van der Waals surface area contributed by atoms with E-state index in [1.165, 1.54) is 0 Å². The van der Waals surface area contributed by atoms with E-state index in [-0.39, 0.29) is 11.5 Å². The summed E-state index contributed by atoms with van der Waals surface area (Å²) in [5, 5.41) is 13.5. The lowest BCUT2D eigenvalue weighted by molar-refractivity contribution is 0.0332. The van der Waals surface area contributed by atoms with Gasteiger partial charge in [0.1, 0.15) is 23.0 Å². The van der Waals surface area contributed by atoms with Crippen LogP contribution in [0.25, 0.3) is 11.0 Å². The Labute approximate surface area is 171 Å². The molecule has 3 aromatic rings. The Morgan fingerprint density at radius 2 is 2.00 bits per heavy atom. The molecule has 3 aromatic heterocycles. The highest BCUT2D eigenvalue weighted by molar-refractivity contribution is 5.79. The monoisotopic (exact) mass is 395 g/mol. The maximum absolute atomic E-state index is 10.2. The topological polar surface area (TPSA) is 92.0 Å². The number of nitrogens with zero attached hydrogens (tertiary/aromatic N) is 6. The summed E-state index contributed by atoms with van der Waals surface area (Å²) >= 11 is 0. The van der Waals surface area contributed by atoms with Crippen molar-refractivity contribution in [3.05, 3.63) is 30.4 Å². The Balaban J connectivity index is 1.59. The Morgan fingerprint density at radius 1 is 1.21 bits per heavy atom. The molecule has 1 aliphatic heterocycles. The zero-order chi connectivity index (χ0) is 20.8. The Hall–Kier alpha value is -2.74. The molecule has 1 atom stereocenters. The van der Waals surface area contributed by atoms with Crippen LogP contribution in [0.5, 0.6) is 0 Å². The fourth-order valence-electron chi connectivity index (χ4n) is 4.06. The second kappa shape index (κ2) is 7.26. The van der Waals surface area contributed by atoms with E-state index < -0.39 is 0 Å². The molecule has 4 rings (SSSR count). The van der Waals surface area contributed by atoms with Gasteiger partial charge in [-0.1, -0.05) is 13.8 Å². The highest BCUT2D eigenvalue weighted by Gasteiger charge is 2.35. The number of aryl methyl sites for hydroxylation is 1. The molecule has 1 fully saturated rings. The molecule has 0 aromatic carbocycles. The molecule has 8 nitrogen and oxygen atoms in total. The summed E-state index contributed by atoms with van der Waals surface area (Å²) in [6.45, 7) is 11.9. The van der Waals surface area contributed by atoms with Gasteiger partial charge in [-0.2, -0.15) is 4.98 Å². The molecule has 0 radical (unpaired) electrons. The fourth-order valence-corrected chi connectivity index (χ4v) is 4.06. The number of aliphatic hydroxyl groups is 1. The lowest BCUT2D eigenvalue weighted by Gasteiger charge is -2.41. The predicted molar refractivity (Wildman–Crippen MR) is 115 cm³/mol. The van der Waals surface area contributed by atoms with Gasteiger partial charge < -0.3 is 19.9 Å². The van der Waals surface area contributed by atoms with Crippen LogP contribution in [0.2, 0.25) is 0 Å². The van der Waals surface area contributed by atoms with Crippen molar-refractivity contribution in [2.24, 2.45) is 5.41 Å². The van der Waals surface area contributed by atoms with Gasteiger partial charge in [0, 0.05) is 36.8 Å². The van der Waals surface area contributed by atoms with E-state index in [4.69, 9.17) is 0 Å². The lowest BCUT2D eigenvalue weighted by atomic mass is 9.81. The minimum absolute atomic E-state index is 0.190. The number of pyridine rings is 1. The third kappa shape index (κ3) is 3.76. The van der Waals surface area contributed by atoms with Crippen LogP contribution in [0.1, 0.15) is 46.0 Å². The maximum Gasteiger partial charge on any atom is 0.227 e. The summed E-state index contributed by atoms with van der Waals surface area (Å²) in [6.07, 6.45) is 3.96. The Morgan fingerprint density at radius 3 is 2.72 bits per heavy atom. The van der Waals surface area contributed by atoms with Crippen molar-refractivity contribution < 1.29 is 5.11 Å². The predicted octanol–water partition coefficient (Wildman–Crippen LogP) is 3.45. The number of piperidine rings is 1. The number of aliphatic hydroxyl groups excluding tert-OH is 1. The van der Waals surface area contributed by atoms with E-state index in [0.717, 1.165) is 29.2 Å². The highest BCUT2D eigenvalue weighted by atomic mass is 16.3. The third-order valence-electron chi connectivity index (χ3n) is 5.62. The largest absolute Gasteiger partial charge is 0.392 e. The van der Waals surface area contributed by atoms with Gasteiger partial charge in [0.2, 0.25) is 5.95 Å². The number of anilines is 3. The molecule has 1 unspecified atom stereocenters. The fraction of sp³-hybridized carbons (Fsp3) is 0.524. The number of fused-ring (bicyclic) bond motifs is 1. The number of aromatic nitrogens is 5. The van der Waals surface area contributed by atoms with Gasteiger partial charge in [-0.25, -0.2) is 15.0 Å². The molecule has 0 amide bonds. The highest BCUT2D eigenvalue weighted by Crippen LogP contribution is 2.31. The summed E-state index contributed by atoms with van der Waals surface area (Å²) < 4.78 is 2.20. The summed E-state index contributed by atoms with van der Waals surface area (Å²) in [4.78, 5) is 20.4. The normalized spacial score (nSPS) is 19.1. The molecule has 0 aliphatic carbocycles. The van der Waals surface area contributed by atoms with E-state index in [1.54, 1.807) is 12.4 Å². The van der Waals surface area contributed by atoms with Crippen molar-refractivity contribution >= 4 is 28.6 Å². The van der Waals surface area contributed by atoms with E-state index in [9.17, 15) is 5.11 Å². The molecule has 2 N–H and O–H groups in total. The molecule has 0 bridgehead atoms. The third-order valence-corrected chi connectivity index (χ3v) is 5.62. The molecule has 29 heavy (non-hydrogen) atoms. The molecule has 8 heteroatoms. The first-order chi connectivity index (χ1) is 13.7. The maximum atomic E-state index is 10.2. The van der Waals surface area contributed by atoms with Crippen molar-refractivity contribution in [3.8, 4) is 0 Å². The molecule has 154 valence electrons. The van der Waals surface area contributed by atoms with Crippen LogP contribution >= 0.6 is 0 Å². The molecular formula is C21H29N7O. The summed E-state index contributed by atoms with van der Waals surface area (Å²) in [5.74, 6) is 3.06. The van der Waals surface area contributed by atoms with Gasteiger partial charge in [0.05, 0.1) is 17.8 Å². The van der Waals surface area contributed by atoms with E-state index in [0.29, 0.717) is 30.8 Å². The van der Waals surface area contributed by atoms with E-state index >= 15 is 0 Å². The SMILES string of the molecule is Cc1nc2cnc(Nc3ccnc(N4CCC(O)C(C)(C)C4)n3)cc2n1C(C)C. The quantitative estimate of drug-likeness (QED) is 0.699. The Kier molecular flexibility index (Phi) is 4.90. The van der Waals surface area contributed by atoms with Gasteiger partial charge >= 0.3 is 0 Å². The second-order valence-electron chi connectivity index (χ2n) is 8.76. The number of hydrogen-bond donors (Lipinski definition) is 2. The van der Waals surface area contributed by atoms with Crippen LogP contribution in [-0.2, 0) is 0 Å². The number of nitrogens with one attached hydrogen (secondary N) is 1. The second-order valence-corrected chi connectivity index (χ2v) is 8.76. The average Bonchev–Trinajstić information content (AvgIpc) is 2.99. The Bertz CT molecular complexity index is 1030. The number of hydrogen-bond acceptors (Lipinski definition) is 7. The van der Waals surface area contributed by atoms with Crippen LogP contribution < -0.4 is 10.2 Å². The van der Waals surface area contributed by atoms with Crippen LogP contribution in [0.3, 0.4) is 0 Å². The molecule has 1 aliphatic rings. The van der Waals surface area contributed by atoms with Crippen LogP contribution in [-0.4, -0.2) is 48.8 Å². The smallest absolute Gasteiger partial charge is 0.227 e. The summed E-state index contributed by atoms with van der Waals surface area (Å²) in [5.41, 5.74) is 1.75. The molecule has 0 saturated carbocycles. The van der Waals surface area contributed by atoms with Crippen molar-refractivity contribution in [2.75, 3.05) is 23.3 Å². The van der Waals surface area contributed by atoms with Crippen molar-refractivity contribution in [1.29, 1.82) is 0 Å². The van der Waals surface area contributed by atoms with Crippen molar-refractivity contribution in [1.82, 2.24) is 24.5 Å². The first-order valence-corrected chi connectivity index (χ1v) is 10.1. The van der Waals surface area contributed by atoms with Gasteiger partial charge in [-0.15, -0.1) is 0 Å². The average molecular weight is 396 g/mol. The van der Waals surface area contributed by atoms with Gasteiger partial charge in [-0.05, 0) is 33.3 Å². The molecule has 1 saturated heterocycles. The van der Waals surface area contributed by atoms with Crippen LogP contribution in [0, 0.1) is 12.3 Å². The van der Waals surface area contributed by atoms with E-state index in [1.807, 2.05) is 19.1 Å². The summed E-state index contributed by atoms with van der Waals surface area (Å²) in [6, 6.07) is 4.17. The van der Waals surface area contributed by atoms with Crippen LogP contribution in [0.4, 0.5) is 17.6 Å². The molecule has 4 heterocycles. The van der Waals surface area contributed by atoms with Crippen LogP contribution in [0.15, 0.2) is 24.5 Å². The van der Waals surface area contributed by atoms with Gasteiger partial charge in [-0.3, -0.25) is 0 Å². The van der Waals surface area contributed by atoms with E-state index in [2.05, 4.69) is 62.4 Å². The number of rotatable bonds is 4. The standard InChI is InChI=1S/C21H29N7O/c1-13(2)28-14(3)24-15-11-23-19(10-16(15)28)25-18-6-8-22-20(26-18)27-9-7-17(29)21(4,5)12-27/h6,8,10-11,13,17,29H,7,9,12H2,1-5H3,(H,22,23,25,26). The molecular weight excluding hydrogens is 366 g/mol. The molecule has 0 spiro atoms. The van der Waals surface area contributed by atoms with Gasteiger partial charge in [0.15, 0.2) is 0 Å². The first kappa shape index (κ1) is 19.6. The zero-order valence-electron chi connectivity index (χ0n) is 17.7. The number of imidazole rings is 1.